The van der Waals surface area contributed by atoms with E-state index < -0.39 is 11.7 Å². The zero-order valence-electron chi connectivity index (χ0n) is 14.9. The fraction of sp³-hybridized carbons (Fsp3) is 0.824. The van der Waals surface area contributed by atoms with Gasteiger partial charge in [0.1, 0.15) is 5.60 Å². The molecule has 7 heteroatoms. The van der Waals surface area contributed by atoms with Crippen molar-refractivity contribution in [1.29, 1.82) is 0 Å². The van der Waals surface area contributed by atoms with Crippen LogP contribution < -0.4 is 10.6 Å². The van der Waals surface area contributed by atoms with E-state index in [0.717, 1.165) is 12.8 Å². The van der Waals surface area contributed by atoms with Crippen molar-refractivity contribution in [1.82, 2.24) is 15.5 Å². The molecule has 1 saturated heterocycles. The summed E-state index contributed by atoms with van der Waals surface area (Å²) in [4.78, 5) is 37.7. The van der Waals surface area contributed by atoms with E-state index >= 15 is 0 Å². The highest BCUT2D eigenvalue weighted by Crippen LogP contribution is 2.29. The number of nitrogens with zero attached hydrogens (tertiary/aromatic N) is 1. The Bertz CT molecular complexity index is 481. The second-order valence-electron chi connectivity index (χ2n) is 7.61. The SMILES string of the molecule is CC(C)(C)OC(=O)NCCNC(=O)[C@@H]1CC(=O)N(C2CCCC2)C1. The molecule has 3 amide bonds. The molecule has 1 aliphatic carbocycles. The smallest absolute Gasteiger partial charge is 0.407 e. The van der Waals surface area contributed by atoms with E-state index in [0.29, 0.717) is 32.1 Å². The third-order valence-corrected chi connectivity index (χ3v) is 4.39. The summed E-state index contributed by atoms with van der Waals surface area (Å²) in [6.07, 6.45) is 4.24. The van der Waals surface area contributed by atoms with E-state index in [4.69, 9.17) is 4.74 Å². The maximum absolute atomic E-state index is 12.2. The number of likely N-dealkylation sites (tertiary alicyclic amines) is 1. The third-order valence-electron chi connectivity index (χ3n) is 4.39. The second-order valence-corrected chi connectivity index (χ2v) is 7.61. The summed E-state index contributed by atoms with van der Waals surface area (Å²) >= 11 is 0. The molecule has 0 unspecified atom stereocenters. The highest BCUT2D eigenvalue weighted by atomic mass is 16.6. The normalized spacial score (nSPS) is 21.9. The van der Waals surface area contributed by atoms with Crippen LogP contribution >= 0.6 is 0 Å². The standard InChI is InChI=1S/C17H29N3O4/c1-17(2,3)24-16(23)19-9-8-18-15(22)12-10-14(21)20(11-12)13-6-4-5-7-13/h12-13H,4-11H2,1-3H3,(H,18,22)(H,19,23)/t12-/m1/s1. The minimum atomic E-state index is -0.540. The highest BCUT2D eigenvalue weighted by molar-refractivity contribution is 5.89. The molecule has 2 aliphatic rings. The van der Waals surface area contributed by atoms with Gasteiger partial charge in [0, 0.05) is 32.1 Å². The molecule has 1 saturated carbocycles. The van der Waals surface area contributed by atoms with Gasteiger partial charge in [-0.15, -0.1) is 0 Å². The van der Waals surface area contributed by atoms with E-state index in [9.17, 15) is 14.4 Å². The summed E-state index contributed by atoms with van der Waals surface area (Å²) < 4.78 is 5.12. The Labute approximate surface area is 143 Å². The van der Waals surface area contributed by atoms with Gasteiger partial charge in [0.15, 0.2) is 0 Å². The van der Waals surface area contributed by atoms with E-state index in [1.54, 1.807) is 20.8 Å². The van der Waals surface area contributed by atoms with Crippen LogP contribution in [0.1, 0.15) is 52.9 Å². The first kappa shape index (κ1) is 18.5. The molecule has 0 radical (unpaired) electrons. The van der Waals surface area contributed by atoms with Crippen molar-refractivity contribution in [3.63, 3.8) is 0 Å². The number of ether oxygens (including phenoxy) is 1. The Hall–Kier alpha value is -1.79. The molecule has 0 aromatic rings. The number of hydrogen-bond donors (Lipinski definition) is 2. The van der Waals surface area contributed by atoms with Crippen LogP contribution in [0.3, 0.4) is 0 Å². The first-order valence-corrected chi connectivity index (χ1v) is 8.80. The number of alkyl carbamates (subject to hydrolysis) is 1. The molecule has 1 heterocycles. The van der Waals surface area contributed by atoms with Crippen molar-refractivity contribution < 1.29 is 19.1 Å². The van der Waals surface area contributed by atoms with Crippen molar-refractivity contribution >= 4 is 17.9 Å². The van der Waals surface area contributed by atoms with E-state index in [1.807, 2.05) is 4.90 Å². The molecule has 0 aromatic carbocycles. The predicted molar refractivity (Wildman–Crippen MR) is 89.3 cm³/mol. The summed E-state index contributed by atoms with van der Waals surface area (Å²) in [6, 6.07) is 0.323. The lowest BCUT2D eigenvalue weighted by molar-refractivity contribution is -0.130. The maximum Gasteiger partial charge on any atom is 0.407 e. The average molecular weight is 339 g/mol. The molecule has 2 fully saturated rings. The zero-order valence-corrected chi connectivity index (χ0v) is 14.9. The summed E-state index contributed by atoms with van der Waals surface area (Å²) in [5.74, 6) is -0.302. The number of carbonyl (C=O) groups excluding carboxylic acids is 3. The molecular weight excluding hydrogens is 310 g/mol. The summed E-state index contributed by atoms with van der Waals surface area (Å²) in [6.45, 7) is 6.53. The molecule has 1 aliphatic heterocycles. The quantitative estimate of drug-likeness (QED) is 0.742. The van der Waals surface area contributed by atoms with Gasteiger partial charge in [-0.25, -0.2) is 4.79 Å². The van der Waals surface area contributed by atoms with E-state index in [2.05, 4.69) is 10.6 Å². The van der Waals surface area contributed by atoms with Crippen molar-refractivity contribution in [2.24, 2.45) is 5.92 Å². The number of rotatable bonds is 5. The predicted octanol–water partition coefficient (Wildman–Crippen LogP) is 1.42. The van der Waals surface area contributed by atoms with Gasteiger partial charge in [0.05, 0.1) is 5.92 Å². The largest absolute Gasteiger partial charge is 0.444 e. The maximum atomic E-state index is 12.2. The van der Waals surface area contributed by atoms with E-state index in [-0.39, 0.29) is 17.7 Å². The first-order chi connectivity index (χ1) is 11.3. The van der Waals surface area contributed by atoms with Gasteiger partial charge in [-0.2, -0.15) is 0 Å². The molecule has 1 atom stereocenters. The minimum absolute atomic E-state index is 0.0916. The molecule has 0 aromatic heterocycles. The molecule has 0 spiro atoms. The van der Waals surface area contributed by atoms with Crippen LogP contribution in [0.25, 0.3) is 0 Å². The molecule has 136 valence electrons. The lowest BCUT2D eigenvalue weighted by Gasteiger charge is -2.23. The van der Waals surface area contributed by atoms with Gasteiger partial charge < -0.3 is 20.3 Å². The minimum Gasteiger partial charge on any atom is -0.444 e. The van der Waals surface area contributed by atoms with Gasteiger partial charge in [-0.1, -0.05) is 12.8 Å². The van der Waals surface area contributed by atoms with Gasteiger partial charge in [0.25, 0.3) is 0 Å². The van der Waals surface area contributed by atoms with Crippen LogP contribution in [0.4, 0.5) is 4.79 Å². The molecule has 2 N–H and O–H groups in total. The first-order valence-electron chi connectivity index (χ1n) is 8.80. The van der Waals surface area contributed by atoms with Gasteiger partial charge in [0.2, 0.25) is 11.8 Å². The topological polar surface area (TPSA) is 87.7 Å². The number of carbonyl (C=O) groups is 3. The molecule has 24 heavy (non-hydrogen) atoms. The Balaban J connectivity index is 1.66. The number of nitrogens with one attached hydrogen (secondary N) is 2. The fourth-order valence-corrected chi connectivity index (χ4v) is 3.28. The molecule has 2 rings (SSSR count). The van der Waals surface area contributed by atoms with Crippen molar-refractivity contribution in [2.75, 3.05) is 19.6 Å². The summed E-state index contributed by atoms with van der Waals surface area (Å²) in [5.41, 5.74) is -0.540. The van der Waals surface area contributed by atoms with Gasteiger partial charge in [-0.3, -0.25) is 9.59 Å². The third kappa shape index (κ3) is 5.39. The van der Waals surface area contributed by atoms with E-state index in [1.165, 1.54) is 12.8 Å². The monoisotopic (exact) mass is 339 g/mol. The second kappa shape index (κ2) is 7.85. The van der Waals surface area contributed by atoms with Crippen LogP contribution in [0.5, 0.6) is 0 Å². The van der Waals surface area contributed by atoms with Gasteiger partial charge in [-0.05, 0) is 33.6 Å². The molecule has 0 bridgehead atoms. The van der Waals surface area contributed by atoms with Crippen molar-refractivity contribution in [3.05, 3.63) is 0 Å². The Morgan fingerprint density at radius 1 is 1.17 bits per heavy atom. The summed E-state index contributed by atoms with van der Waals surface area (Å²) in [7, 11) is 0. The Morgan fingerprint density at radius 3 is 2.42 bits per heavy atom. The zero-order chi connectivity index (χ0) is 17.7. The number of amides is 3. The van der Waals surface area contributed by atoms with Crippen LogP contribution in [-0.4, -0.2) is 54.1 Å². The lowest BCUT2D eigenvalue weighted by Crippen LogP contribution is -2.40. The van der Waals surface area contributed by atoms with Crippen molar-refractivity contribution in [3.8, 4) is 0 Å². The van der Waals surface area contributed by atoms with Crippen LogP contribution in [0.15, 0.2) is 0 Å². The highest BCUT2D eigenvalue weighted by Gasteiger charge is 2.38. The Morgan fingerprint density at radius 2 is 1.79 bits per heavy atom. The lowest BCUT2D eigenvalue weighted by atomic mass is 10.1. The van der Waals surface area contributed by atoms with Crippen LogP contribution in [0.2, 0.25) is 0 Å². The Kier molecular flexibility index (Phi) is 6.07. The molecule has 7 nitrogen and oxygen atoms in total. The summed E-state index contributed by atoms with van der Waals surface area (Å²) in [5, 5.41) is 5.38. The fourth-order valence-electron chi connectivity index (χ4n) is 3.28. The number of hydrogen-bond acceptors (Lipinski definition) is 4. The average Bonchev–Trinajstić information content (AvgIpc) is 3.10. The van der Waals surface area contributed by atoms with Crippen LogP contribution in [0, 0.1) is 5.92 Å². The van der Waals surface area contributed by atoms with Gasteiger partial charge >= 0.3 is 6.09 Å². The van der Waals surface area contributed by atoms with Crippen LogP contribution in [-0.2, 0) is 14.3 Å². The molecular formula is C17H29N3O4. The van der Waals surface area contributed by atoms with Crippen molar-refractivity contribution in [2.45, 2.75) is 64.5 Å².